The van der Waals surface area contributed by atoms with Crippen LogP contribution in [-0.4, -0.2) is 13.0 Å². The number of carbonyl (C=O) groups excluding carboxylic acids is 1. The molecule has 3 nitrogen and oxygen atoms in total. The largest absolute Gasteiger partial charge is 0.390 e. The number of thiophene rings is 1. The lowest BCUT2D eigenvalue weighted by molar-refractivity contribution is 0.0964. The number of nitrogens with two attached hydrogens (primary N) is 1. The lowest BCUT2D eigenvalue weighted by atomic mass is 10.1. The fraction of sp³-hybridized carbons (Fsp3) is 0.0833. The predicted molar refractivity (Wildman–Crippen MR) is 67.5 cm³/mol. The molecule has 0 unspecified atom stereocenters. The van der Waals surface area contributed by atoms with E-state index in [2.05, 4.69) is 5.32 Å². The molecule has 0 aliphatic rings. The molecule has 0 aliphatic carbocycles. The van der Waals surface area contributed by atoms with Crippen LogP contribution in [0.1, 0.15) is 10.4 Å². The predicted octanol–water partition coefficient (Wildman–Crippen LogP) is 2.50. The number of carbonyl (C=O) groups is 1. The van der Waals surface area contributed by atoms with Crippen LogP contribution in [0, 0.1) is 5.82 Å². The van der Waals surface area contributed by atoms with E-state index in [4.69, 9.17) is 5.73 Å². The van der Waals surface area contributed by atoms with Crippen LogP contribution >= 0.6 is 11.3 Å². The highest BCUT2D eigenvalue weighted by atomic mass is 32.1. The molecule has 17 heavy (non-hydrogen) atoms. The average Bonchev–Trinajstić information content (AvgIpc) is 2.71. The highest BCUT2D eigenvalue weighted by Gasteiger charge is 2.13. The minimum atomic E-state index is -0.287. The van der Waals surface area contributed by atoms with Gasteiger partial charge in [-0.1, -0.05) is 12.1 Å². The minimum Gasteiger partial charge on any atom is -0.390 e. The number of nitrogen functional groups attached to an aromatic ring is 1. The molecule has 2 rings (SSSR count). The van der Waals surface area contributed by atoms with E-state index in [0.717, 1.165) is 10.4 Å². The Morgan fingerprint density at radius 2 is 2.00 bits per heavy atom. The van der Waals surface area contributed by atoms with E-state index in [9.17, 15) is 9.18 Å². The van der Waals surface area contributed by atoms with Crippen LogP contribution in [-0.2, 0) is 0 Å². The van der Waals surface area contributed by atoms with Crippen LogP contribution in [0.3, 0.4) is 0 Å². The number of hydrogen-bond acceptors (Lipinski definition) is 3. The van der Waals surface area contributed by atoms with E-state index in [1.165, 1.54) is 23.5 Å². The summed E-state index contributed by atoms with van der Waals surface area (Å²) in [6, 6.07) is 7.80. The zero-order valence-electron chi connectivity index (χ0n) is 9.16. The minimum absolute atomic E-state index is 0.216. The number of benzene rings is 1. The first-order chi connectivity index (χ1) is 8.11. The van der Waals surface area contributed by atoms with Crippen molar-refractivity contribution in [1.29, 1.82) is 0 Å². The van der Waals surface area contributed by atoms with Crippen LogP contribution < -0.4 is 11.1 Å². The second kappa shape index (κ2) is 4.55. The van der Waals surface area contributed by atoms with Crippen LogP contribution in [0.4, 0.5) is 9.39 Å². The summed E-state index contributed by atoms with van der Waals surface area (Å²) in [5.41, 5.74) is 7.07. The molecule has 3 N–H and O–H groups in total. The summed E-state index contributed by atoms with van der Waals surface area (Å²) in [6.45, 7) is 0. The van der Waals surface area contributed by atoms with Crippen molar-refractivity contribution in [3.63, 3.8) is 0 Å². The van der Waals surface area contributed by atoms with Crippen molar-refractivity contribution < 1.29 is 9.18 Å². The highest BCUT2D eigenvalue weighted by Crippen LogP contribution is 2.33. The third-order valence-corrected chi connectivity index (χ3v) is 3.37. The van der Waals surface area contributed by atoms with E-state index >= 15 is 0 Å². The first-order valence-corrected chi connectivity index (χ1v) is 5.81. The molecule has 0 bridgehead atoms. The SMILES string of the molecule is CNC(=O)c1cc(-c2ccc(F)cc2)sc1N. The van der Waals surface area contributed by atoms with Gasteiger partial charge in [0.15, 0.2) is 0 Å². The molecule has 1 heterocycles. The first kappa shape index (κ1) is 11.6. The first-order valence-electron chi connectivity index (χ1n) is 4.99. The van der Waals surface area contributed by atoms with Crippen LogP contribution in [0.25, 0.3) is 10.4 Å². The van der Waals surface area contributed by atoms with E-state index in [1.807, 2.05) is 0 Å². The number of rotatable bonds is 2. The Bertz CT molecular complexity index is 548. The molecule has 0 atom stereocenters. The quantitative estimate of drug-likeness (QED) is 0.860. The molecule has 0 saturated carbocycles. The van der Waals surface area contributed by atoms with Gasteiger partial charge < -0.3 is 11.1 Å². The zero-order chi connectivity index (χ0) is 12.4. The monoisotopic (exact) mass is 250 g/mol. The van der Waals surface area contributed by atoms with Crippen LogP contribution in [0.15, 0.2) is 30.3 Å². The molecule has 0 aliphatic heterocycles. The highest BCUT2D eigenvalue weighted by molar-refractivity contribution is 7.19. The van der Waals surface area contributed by atoms with Crippen molar-refractivity contribution in [3.05, 3.63) is 41.7 Å². The van der Waals surface area contributed by atoms with E-state index in [0.29, 0.717) is 10.6 Å². The van der Waals surface area contributed by atoms with Gasteiger partial charge in [-0.25, -0.2) is 4.39 Å². The summed E-state index contributed by atoms with van der Waals surface area (Å²) in [5, 5.41) is 2.99. The molecular formula is C12H11FN2OS. The molecule has 0 saturated heterocycles. The maximum Gasteiger partial charge on any atom is 0.254 e. The number of halogens is 1. The molecule has 1 aromatic heterocycles. The number of nitrogens with one attached hydrogen (secondary N) is 1. The van der Waals surface area contributed by atoms with Gasteiger partial charge in [-0.2, -0.15) is 0 Å². The third kappa shape index (κ3) is 2.29. The Balaban J connectivity index is 2.41. The van der Waals surface area contributed by atoms with Crippen molar-refractivity contribution in [1.82, 2.24) is 5.32 Å². The third-order valence-electron chi connectivity index (χ3n) is 2.36. The Hall–Kier alpha value is -1.88. The number of anilines is 1. The Labute approximate surface area is 102 Å². The molecule has 0 fully saturated rings. The summed E-state index contributed by atoms with van der Waals surface area (Å²) in [7, 11) is 1.55. The molecule has 0 spiro atoms. The molecule has 0 radical (unpaired) electrons. The lowest BCUT2D eigenvalue weighted by Crippen LogP contribution is -2.17. The molecule has 1 amide bonds. The summed E-state index contributed by atoms with van der Waals surface area (Å²) >= 11 is 1.31. The summed E-state index contributed by atoms with van der Waals surface area (Å²) in [5.74, 6) is -0.503. The van der Waals surface area contributed by atoms with Crippen molar-refractivity contribution in [2.45, 2.75) is 0 Å². The van der Waals surface area contributed by atoms with Gasteiger partial charge in [0.1, 0.15) is 5.82 Å². The average molecular weight is 250 g/mol. The summed E-state index contributed by atoms with van der Waals surface area (Å²) in [6.07, 6.45) is 0. The Morgan fingerprint density at radius 1 is 1.35 bits per heavy atom. The zero-order valence-corrected chi connectivity index (χ0v) is 9.98. The fourth-order valence-corrected chi connectivity index (χ4v) is 2.40. The second-order valence-electron chi connectivity index (χ2n) is 3.47. The normalized spacial score (nSPS) is 10.2. The van der Waals surface area contributed by atoms with Crippen molar-refractivity contribution in [3.8, 4) is 10.4 Å². The topological polar surface area (TPSA) is 55.1 Å². The smallest absolute Gasteiger partial charge is 0.254 e. The van der Waals surface area contributed by atoms with E-state index in [1.54, 1.807) is 25.2 Å². The van der Waals surface area contributed by atoms with E-state index in [-0.39, 0.29) is 11.7 Å². The van der Waals surface area contributed by atoms with Gasteiger partial charge in [-0.15, -0.1) is 11.3 Å². The van der Waals surface area contributed by atoms with Gasteiger partial charge in [0.2, 0.25) is 0 Å². The van der Waals surface area contributed by atoms with Crippen LogP contribution in [0.5, 0.6) is 0 Å². The van der Waals surface area contributed by atoms with Gasteiger partial charge in [0.05, 0.1) is 10.6 Å². The Kier molecular flexibility index (Phi) is 3.10. The standard InChI is InChI=1S/C12H11FN2OS/c1-15-12(16)9-6-10(17-11(9)14)7-2-4-8(13)5-3-7/h2-6H,14H2,1H3,(H,15,16). The maximum atomic E-state index is 12.8. The van der Waals surface area contributed by atoms with Crippen molar-refractivity contribution in [2.24, 2.45) is 0 Å². The molecule has 1 aromatic carbocycles. The van der Waals surface area contributed by atoms with Crippen molar-refractivity contribution >= 4 is 22.2 Å². The van der Waals surface area contributed by atoms with Gasteiger partial charge in [0, 0.05) is 11.9 Å². The fourth-order valence-electron chi connectivity index (χ4n) is 1.47. The molecule has 2 aromatic rings. The lowest BCUT2D eigenvalue weighted by Gasteiger charge is -1.96. The number of amides is 1. The van der Waals surface area contributed by atoms with Crippen LogP contribution in [0.2, 0.25) is 0 Å². The second-order valence-corrected chi connectivity index (χ2v) is 4.56. The van der Waals surface area contributed by atoms with E-state index < -0.39 is 0 Å². The van der Waals surface area contributed by atoms with Gasteiger partial charge in [-0.05, 0) is 23.8 Å². The molecule has 5 heteroatoms. The summed E-state index contributed by atoms with van der Waals surface area (Å²) < 4.78 is 12.8. The van der Waals surface area contributed by atoms with Gasteiger partial charge in [0.25, 0.3) is 5.91 Å². The van der Waals surface area contributed by atoms with Gasteiger partial charge in [-0.3, -0.25) is 4.79 Å². The maximum absolute atomic E-state index is 12.8. The Morgan fingerprint density at radius 3 is 2.59 bits per heavy atom. The number of hydrogen-bond donors (Lipinski definition) is 2. The molecular weight excluding hydrogens is 239 g/mol. The molecule has 88 valence electrons. The summed E-state index contributed by atoms with van der Waals surface area (Å²) in [4.78, 5) is 12.3. The van der Waals surface area contributed by atoms with Crippen molar-refractivity contribution in [2.75, 3.05) is 12.8 Å². The van der Waals surface area contributed by atoms with Gasteiger partial charge >= 0.3 is 0 Å².